The molecule has 1 N–H and O–H groups in total. The maximum Gasteiger partial charge on any atom is 0.120 e. The summed E-state index contributed by atoms with van der Waals surface area (Å²) in [5.74, 6) is 0. The van der Waals surface area contributed by atoms with Crippen molar-refractivity contribution in [2.75, 3.05) is 29.1 Å². The molecule has 0 fully saturated rings. The minimum Gasteiger partial charge on any atom is -0.357 e. The first-order valence-electron chi connectivity index (χ1n) is 5.31. The SMILES string of the molecule is CCOP(=S)(CC)SCSCSP(O)(=S)CC. The fourth-order valence-electron chi connectivity index (χ4n) is 0.779. The summed E-state index contributed by atoms with van der Waals surface area (Å²) in [6.45, 7) is 6.72. The highest BCUT2D eigenvalue weighted by atomic mass is 32.9. The van der Waals surface area contributed by atoms with Crippen molar-refractivity contribution < 1.29 is 9.42 Å². The second-order valence-corrected chi connectivity index (χ2v) is 19.9. The molecule has 9 heteroatoms. The average Bonchev–Trinajstić information content (AvgIpc) is 2.29. The van der Waals surface area contributed by atoms with Gasteiger partial charge in [0.1, 0.15) is 10.9 Å². The molecule has 0 radical (unpaired) electrons. The van der Waals surface area contributed by atoms with Crippen LogP contribution >= 0.6 is 45.5 Å². The molecular formula is C8H20O2P2S5. The fraction of sp³-hybridized carbons (Fsp3) is 1.00. The van der Waals surface area contributed by atoms with Gasteiger partial charge in [-0.3, -0.25) is 0 Å². The van der Waals surface area contributed by atoms with E-state index in [1.165, 1.54) is 11.4 Å². The third-order valence-corrected chi connectivity index (χ3v) is 16.9. The van der Waals surface area contributed by atoms with Crippen LogP contribution in [-0.2, 0) is 28.1 Å². The van der Waals surface area contributed by atoms with Gasteiger partial charge in [0.15, 0.2) is 0 Å². The normalized spacial score (nSPS) is 18.6. The molecule has 0 aliphatic heterocycles. The van der Waals surface area contributed by atoms with Crippen LogP contribution in [0.2, 0.25) is 0 Å². The van der Waals surface area contributed by atoms with Crippen molar-refractivity contribution in [3.63, 3.8) is 0 Å². The van der Waals surface area contributed by atoms with Crippen LogP contribution in [0, 0.1) is 0 Å². The second-order valence-electron chi connectivity index (χ2n) is 3.00. The topological polar surface area (TPSA) is 29.5 Å². The molecule has 0 saturated carbocycles. The van der Waals surface area contributed by atoms with E-state index in [2.05, 4.69) is 6.92 Å². The van der Waals surface area contributed by atoms with Crippen molar-refractivity contribution in [2.24, 2.45) is 0 Å². The van der Waals surface area contributed by atoms with Gasteiger partial charge in [-0.2, -0.15) is 0 Å². The maximum atomic E-state index is 9.74. The summed E-state index contributed by atoms with van der Waals surface area (Å²) in [5, 5.41) is 1.77. The summed E-state index contributed by atoms with van der Waals surface area (Å²) in [4.78, 5) is 9.74. The van der Waals surface area contributed by atoms with Crippen LogP contribution in [0.1, 0.15) is 20.8 Å². The third kappa shape index (κ3) is 9.75. The van der Waals surface area contributed by atoms with Gasteiger partial charge in [0.25, 0.3) is 0 Å². The first-order chi connectivity index (χ1) is 7.89. The van der Waals surface area contributed by atoms with E-state index in [1.807, 2.05) is 13.8 Å². The highest BCUT2D eigenvalue weighted by molar-refractivity contribution is 8.72. The zero-order valence-corrected chi connectivity index (χ0v) is 16.2. The van der Waals surface area contributed by atoms with Crippen LogP contribution in [0.3, 0.4) is 0 Å². The van der Waals surface area contributed by atoms with Crippen molar-refractivity contribution in [1.82, 2.24) is 0 Å². The zero-order chi connectivity index (χ0) is 13.4. The van der Waals surface area contributed by atoms with Crippen molar-refractivity contribution in [2.45, 2.75) is 20.8 Å². The smallest absolute Gasteiger partial charge is 0.120 e. The summed E-state index contributed by atoms with van der Waals surface area (Å²) in [6, 6.07) is 0. The molecule has 2 unspecified atom stereocenters. The maximum absolute atomic E-state index is 9.74. The van der Waals surface area contributed by atoms with Crippen LogP contribution in [0.15, 0.2) is 0 Å². The van der Waals surface area contributed by atoms with Crippen LogP contribution in [-0.4, -0.2) is 34.0 Å². The average molecular weight is 371 g/mol. The highest BCUT2D eigenvalue weighted by Crippen LogP contribution is 2.61. The Hall–Kier alpha value is 2.27. The first kappa shape index (κ1) is 19.3. The third-order valence-electron chi connectivity index (χ3n) is 1.78. The van der Waals surface area contributed by atoms with Gasteiger partial charge < -0.3 is 9.42 Å². The Kier molecular flexibility index (Phi) is 11.4. The summed E-state index contributed by atoms with van der Waals surface area (Å²) < 4.78 is 5.65. The van der Waals surface area contributed by atoms with Gasteiger partial charge >= 0.3 is 0 Å². The molecule has 0 saturated heterocycles. The van der Waals surface area contributed by atoms with E-state index < -0.39 is 10.9 Å². The molecule has 0 aliphatic carbocycles. The molecule has 0 aromatic heterocycles. The van der Waals surface area contributed by atoms with Gasteiger partial charge in [-0.05, 0) is 6.92 Å². The first-order valence-corrected chi connectivity index (χ1v) is 15.5. The molecule has 0 spiro atoms. The zero-order valence-electron chi connectivity index (χ0n) is 10.3. The lowest BCUT2D eigenvalue weighted by molar-refractivity contribution is 0.385. The predicted molar refractivity (Wildman–Crippen MR) is 96.0 cm³/mol. The molecule has 0 amide bonds. The number of rotatable bonds is 10. The Morgan fingerprint density at radius 2 is 1.65 bits per heavy atom. The summed E-state index contributed by atoms with van der Waals surface area (Å²) in [7, 11) is 0. The Bertz CT molecular complexity index is 300. The lowest BCUT2D eigenvalue weighted by Gasteiger charge is -2.19. The van der Waals surface area contributed by atoms with Gasteiger partial charge in [-0.1, -0.05) is 60.2 Å². The Labute approximate surface area is 127 Å². The Balaban J connectivity index is 3.77. The monoisotopic (exact) mass is 370 g/mol. The molecule has 2 atom stereocenters. The minimum atomic E-state index is -2.10. The fourth-order valence-corrected chi connectivity index (χ4v) is 13.1. The summed E-state index contributed by atoms with van der Waals surface area (Å²) in [6.07, 6.45) is 1.63. The second kappa shape index (κ2) is 10.1. The van der Waals surface area contributed by atoms with E-state index in [1.54, 1.807) is 23.1 Å². The van der Waals surface area contributed by atoms with Gasteiger partial charge in [-0.15, -0.1) is 11.8 Å². The van der Waals surface area contributed by atoms with E-state index in [4.69, 9.17) is 28.1 Å². The van der Waals surface area contributed by atoms with Crippen LogP contribution < -0.4 is 0 Å². The van der Waals surface area contributed by atoms with Crippen LogP contribution in [0.25, 0.3) is 0 Å². The van der Waals surface area contributed by atoms with Gasteiger partial charge in [0.2, 0.25) is 0 Å². The molecule has 0 heterocycles. The number of hydrogen-bond donors (Lipinski definition) is 1. The molecule has 0 rings (SSSR count). The molecular weight excluding hydrogens is 350 g/mol. The number of thioether (sulfide) groups is 1. The molecule has 17 heavy (non-hydrogen) atoms. The minimum absolute atomic E-state index is 0.699. The standard InChI is InChI=1S/C8H20O2P2S5/c1-4-10-12(14,6-3)17-8-15-7-16-11(9,13)5-2/h4-8H2,1-3H3,(H,9,13). The highest BCUT2D eigenvalue weighted by Gasteiger charge is 2.15. The van der Waals surface area contributed by atoms with Crippen molar-refractivity contribution >= 4 is 69.1 Å². The summed E-state index contributed by atoms with van der Waals surface area (Å²) >= 11 is 15.7. The number of hydrogen-bond acceptors (Lipinski definition) is 6. The van der Waals surface area contributed by atoms with Crippen molar-refractivity contribution in [1.29, 1.82) is 0 Å². The van der Waals surface area contributed by atoms with E-state index >= 15 is 0 Å². The largest absolute Gasteiger partial charge is 0.357 e. The van der Waals surface area contributed by atoms with Gasteiger partial charge in [0, 0.05) is 29.1 Å². The molecule has 2 nitrogen and oxygen atoms in total. The van der Waals surface area contributed by atoms with Crippen molar-refractivity contribution in [3.8, 4) is 0 Å². The Morgan fingerprint density at radius 3 is 2.12 bits per heavy atom. The quantitative estimate of drug-likeness (QED) is 0.336. The van der Waals surface area contributed by atoms with Crippen LogP contribution in [0.4, 0.5) is 0 Å². The Morgan fingerprint density at radius 1 is 1.06 bits per heavy atom. The van der Waals surface area contributed by atoms with Crippen molar-refractivity contribution in [3.05, 3.63) is 0 Å². The summed E-state index contributed by atoms with van der Waals surface area (Å²) in [5.41, 5.74) is -3.75. The van der Waals surface area contributed by atoms with Gasteiger partial charge in [-0.25, -0.2) is 0 Å². The van der Waals surface area contributed by atoms with E-state index in [0.717, 1.165) is 16.3 Å². The lowest BCUT2D eigenvalue weighted by Crippen LogP contribution is -1.89. The molecule has 104 valence electrons. The van der Waals surface area contributed by atoms with E-state index in [0.29, 0.717) is 12.8 Å². The molecule has 0 bridgehead atoms. The molecule has 0 aliphatic rings. The van der Waals surface area contributed by atoms with E-state index in [-0.39, 0.29) is 0 Å². The lowest BCUT2D eigenvalue weighted by atomic mass is 10.9. The van der Waals surface area contributed by atoms with Crippen LogP contribution in [0.5, 0.6) is 0 Å². The predicted octanol–water partition coefficient (Wildman–Crippen LogP) is 4.79. The molecule has 0 aromatic carbocycles. The van der Waals surface area contributed by atoms with Gasteiger partial charge in [0.05, 0.1) is 0 Å². The van der Waals surface area contributed by atoms with E-state index in [9.17, 15) is 4.89 Å². The molecule has 0 aromatic rings.